The van der Waals surface area contributed by atoms with Gasteiger partial charge in [-0.15, -0.1) is 24.0 Å². The molecule has 1 aliphatic heterocycles. The van der Waals surface area contributed by atoms with Crippen molar-refractivity contribution in [1.82, 2.24) is 25.2 Å². The molecule has 28 heavy (non-hydrogen) atoms. The molecular formula is C17H31IN6O3S. The fraction of sp³-hybridized carbons (Fsp3) is 0.647. The van der Waals surface area contributed by atoms with Crippen LogP contribution in [-0.2, 0) is 14.8 Å². The Hall–Kier alpha value is -1.02. The average molecular weight is 526 g/mol. The minimum Gasteiger partial charge on any atom is -0.379 e. The number of guanidine groups is 1. The molecule has 1 saturated heterocycles. The number of aromatic nitrogens is 1. The molecule has 0 aromatic carbocycles. The Bertz CT molecular complexity index is 683. The summed E-state index contributed by atoms with van der Waals surface area (Å²) in [6.45, 7) is 9.61. The highest BCUT2D eigenvalue weighted by molar-refractivity contribution is 14.0. The number of pyridine rings is 1. The Labute approximate surface area is 184 Å². The molecule has 3 N–H and O–H groups in total. The molecule has 0 saturated carbocycles. The number of nitrogens with one attached hydrogen (secondary N) is 3. The van der Waals surface area contributed by atoms with Crippen LogP contribution in [0.15, 0.2) is 34.4 Å². The zero-order chi connectivity index (χ0) is 19.5. The van der Waals surface area contributed by atoms with Gasteiger partial charge in [0, 0.05) is 51.2 Å². The van der Waals surface area contributed by atoms with Crippen molar-refractivity contribution in [3.8, 4) is 0 Å². The molecule has 11 heteroatoms. The molecule has 1 fully saturated rings. The molecule has 0 aliphatic carbocycles. The van der Waals surface area contributed by atoms with Crippen LogP contribution >= 0.6 is 24.0 Å². The van der Waals surface area contributed by atoms with Crippen LogP contribution in [0.5, 0.6) is 0 Å². The standard InChI is InChI=1S/C17H30N6O3S.HI/c1-3-19-17(21-13-15(2)23-9-11-26-12-10-23)20-7-8-22-27(24,25)16-5-4-6-18-14-16;/h4-6,14-15,22H,3,7-13H2,1-2H3,(H2,19,20,21);1H. The second kappa shape index (κ2) is 13.2. The summed E-state index contributed by atoms with van der Waals surface area (Å²) in [6, 6.07) is 3.44. The van der Waals surface area contributed by atoms with Crippen molar-refractivity contribution < 1.29 is 13.2 Å². The van der Waals surface area contributed by atoms with Gasteiger partial charge in [0.1, 0.15) is 4.90 Å². The molecule has 1 unspecified atom stereocenters. The van der Waals surface area contributed by atoms with Crippen molar-refractivity contribution >= 4 is 40.0 Å². The number of ether oxygens (including phenoxy) is 1. The summed E-state index contributed by atoms with van der Waals surface area (Å²) >= 11 is 0. The van der Waals surface area contributed by atoms with Gasteiger partial charge in [-0.25, -0.2) is 13.1 Å². The molecule has 160 valence electrons. The molecule has 0 bridgehead atoms. The van der Waals surface area contributed by atoms with E-state index >= 15 is 0 Å². The normalized spacial score (nSPS) is 16.9. The van der Waals surface area contributed by atoms with Gasteiger partial charge in [0.15, 0.2) is 5.96 Å². The lowest BCUT2D eigenvalue weighted by Crippen LogP contribution is -2.45. The number of nitrogens with zero attached hydrogens (tertiary/aromatic N) is 3. The Morgan fingerprint density at radius 2 is 2.07 bits per heavy atom. The third-order valence-corrected chi connectivity index (χ3v) is 5.63. The Morgan fingerprint density at radius 3 is 2.71 bits per heavy atom. The highest BCUT2D eigenvalue weighted by Crippen LogP contribution is 2.05. The van der Waals surface area contributed by atoms with Crippen molar-refractivity contribution in [2.75, 3.05) is 52.5 Å². The summed E-state index contributed by atoms with van der Waals surface area (Å²) < 4.78 is 32.2. The lowest BCUT2D eigenvalue weighted by atomic mass is 10.2. The summed E-state index contributed by atoms with van der Waals surface area (Å²) in [7, 11) is -3.54. The number of halogens is 1. The topological polar surface area (TPSA) is 108 Å². The first-order valence-electron chi connectivity index (χ1n) is 9.26. The van der Waals surface area contributed by atoms with Crippen molar-refractivity contribution in [3.63, 3.8) is 0 Å². The first kappa shape index (κ1) is 25.0. The van der Waals surface area contributed by atoms with E-state index in [-0.39, 0.29) is 35.4 Å². The molecule has 2 rings (SSSR count). The third-order valence-electron chi connectivity index (χ3n) is 4.18. The highest BCUT2D eigenvalue weighted by atomic mass is 127. The lowest BCUT2D eigenvalue weighted by molar-refractivity contribution is 0.0220. The molecular weight excluding hydrogens is 495 g/mol. The average Bonchev–Trinajstić information content (AvgIpc) is 2.70. The fourth-order valence-electron chi connectivity index (χ4n) is 2.65. The molecule has 1 aliphatic rings. The van der Waals surface area contributed by atoms with Gasteiger partial charge >= 0.3 is 0 Å². The molecule has 1 aromatic heterocycles. The number of morpholine rings is 1. The van der Waals surface area contributed by atoms with E-state index in [1.165, 1.54) is 18.5 Å². The van der Waals surface area contributed by atoms with Crippen LogP contribution < -0.4 is 15.4 Å². The largest absolute Gasteiger partial charge is 0.379 e. The lowest BCUT2D eigenvalue weighted by Gasteiger charge is -2.31. The first-order chi connectivity index (χ1) is 13.0. The van der Waals surface area contributed by atoms with Crippen LogP contribution in [0.3, 0.4) is 0 Å². The predicted molar refractivity (Wildman–Crippen MR) is 121 cm³/mol. The minimum absolute atomic E-state index is 0. The number of rotatable bonds is 9. The quantitative estimate of drug-likeness (QED) is 0.183. The van der Waals surface area contributed by atoms with Gasteiger partial charge in [-0.1, -0.05) is 0 Å². The summed E-state index contributed by atoms with van der Waals surface area (Å²) in [5, 5.41) is 6.33. The fourth-order valence-corrected chi connectivity index (χ4v) is 3.65. The van der Waals surface area contributed by atoms with Crippen LogP contribution in [0, 0.1) is 0 Å². The van der Waals surface area contributed by atoms with Crippen LogP contribution in [0.1, 0.15) is 13.8 Å². The molecule has 9 nitrogen and oxygen atoms in total. The summed E-state index contributed by atoms with van der Waals surface area (Å²) in [5.74, 6) is 0.679. The zero-order valence-corrected chi connectivity index (χ0v) is 19.6. The monoisotopic (exact) mass is 526 g/mol. The maximum Gasteiger partial charge on any atom is 0.242 e. The second-order valence-corrected chi connectivity index (χ2v) is 8.00. The second-order valence-electron chi connectivity index (χ2n) is 6.23. The van der Waals surface area contributed by atoms with E-state index in [4.69, 9.17) is 4.74 Å². The number of hydrogen-bond acceptors (Lipinski definition) is 6. The zero-order valence-electron chi connectivity index (χ0n) is 16.4. The smallest absolute Gasteiger partial charge is 0.242 e. The van der Waals surface area contributed by atoms with Gasteiger partial charge in [-0.05, 0) is 26.0 Å². The Balaban J connectivity index is 0.00000392. The van der Waals surface area contributed by atoms with Crippen LogP contribution in [0.25, 0.3) is 0 Å². The maximum absolute atomic E-state index is 12.2. The molecule has 0 radical (unpaired) electrons. The Kier molecular flexibility index (Phi) is 11.8. The number of sulfonamides is 1. The molecule has 1 atom stereocenters. The van der Waals surface area contributed by atoms with Gasteiger partial charge in [-0.2, -0.15) is 0 Å². The van der Waals surface area contributed by atoms with E-state index in [1.807, 2.05) is 6.92 Å². The van der Waals surface area contributed by atoms with E-state index in [9.17, 15) is 8.42 Å². The van der Waals surface area contributed by atoms with Gasteiger partial charge in [-0.3, -0.25) is 14.9 Å². The van der Waals surface area contributed by atoms with E-state index in [2.05, 4.69) is 37.2 Å². The van der Waals surface area contributed by atoms with Crippen LogP contribution in [0.2, 0.25) is 0 Å². The SMILES string of the molecule is CCNC(=NCC(C)N1CCOCC1)NCCNS(=O)(=O)c1cccnc1.I. The van der Waals surface area contributed by atoms with Crippen molar-refractivity contribution in [2.24, 2.45) is 4.99 Å². The summed E-state index contributed by atoms with van der Waals surface area (Å²) in [4.78, 5) is 11.0. The molecule has 0 spiro atoms. The first-order valence-corrected chi connectivity index (χ1v) is 10.7. The van der Waals surface area contributed by atoms with E-state index in [0.717, 1.165) is 32.8 Å². The van der Waals surface area contributed by atoms with Gasteiger partial charge in [0.05, 0.1) is 19.8 Å². The maximum atomic E-state index is 12.2. The van der Waals surface area contributed by atoms with Crippen LogP contribution in [0.4, 0.5) is 0 Å². The predicted octanol–water partition coefficient (Wildman–Crippen LogP) is 0.254. The summed E-state index contributed by atoms with van der Waals surface area (Å²) in [5.41, 5.74) is 0. The Morgan fingerprint density at radius 1 is 1.32 bits per heavy atom. The van der Waals surface area contributed by atoms with E-state index in [1.54, 1.807) is 6.07 Å². The molecule has 2 heterocycles. The number of aliphatic imine (C=N–C) groups is 1. The van der Waals surface area contributed by atoms with Gasteiger partial charge in [0.25, 0.3) is 0 Å². The molecule has 0 amide bonds. The minimum atomic E-state index is -3.54. The van der Waals surface area contributed by atoms with Gasteiger partial charge < -0.3 is 15.4 Å². The van der Waals surface area contributed by atoms with Crippen LogP contribution in [-0.4, -0.2) is 82.8 Å². The highest BCUT2D eigenvalue weighted by Gasteiger charge is 2.17. The summed E-state index contributed by atoms with van der Waals surface area (Å²) in [6.07, 6.45) is 2.87. The van der Waals surface area contributed by atoms with Crippen molar-refractivity contribution in [3.05, 3.63) is 24.5 Å². The number of hydrogen-bond donors (Lipinski definition) is 3. The van der Waals surface area contributed by atoms with E-state index < -0.39 is 10.0 Å². The van der Waals surface area contributed by atoms with Crippen molar-refractivity contribution in [2.45, 2.75) is 24.8 Å². The van der Waals surface area contributed by atoms with Gasteiger partial charge in [0.2, 0.25) is 10.0 Å². The third kappa shape index (κ3) is 8.55. The van der Waals surface area contributed by atoms with E-state index in [0.29, 0.717) is 25.1 Å². The molecule has 1 aromatic rings. The van der Waals surface area contributed by atoms with Crippen molar-refractivity contribution in [1.29, 1.82) is 0 Å².